The molecule has 0 aliphatic carbocycles. The molecule has 0 spiro atoms. The van der Waals surface area contributed by atoms with Crippen LogP contribution in [0.2, 0.25) is 0 Å². The summed E-state index contributed by atoms with van der Waals surface area (Å²) in [7, 11) is 0. The maximum atomic E-state index is 14.1. The first-order valence-electron chi connectivity index (χ1n) is 12.7. The highest BCUT2D eigenvalue weighted by Crippen LogP contribution is 2.22. The van der Waals surface area contributed by atoms with Crippen molar-refractivity contribution in [2.24, 2.45) is 5.92 Å². The topological polar surface area (TPSA) is 132 Å². The van der Waals surface area contributed by atoms with Gasteiger partial charge in [0.2, 0.25) is 0 Å². The molecule has 0 saturated carbocycles. The van der Waals surface area contributed by atoms with Crippen LogP contribution in [0.15, 0.2) is 71.8 Å². The van der Waals surface area contributed by atoms with E-state index in [1.165, 1.54) is 4.57 Å². The number of anilines is 1. The van der Waals surface area contributed by atoms with Gasteiger partial charge in [-0.15, -0.1) is 4.52 Å². The van der Waals surface area contributed by atoms with E-state index in [1.54, 1.807) is 36.0 Å². The third-order valence-electron chi connectivity index (χ3n) is 6.72. The molecule has 5 aromatic rings. The number of aromatic nitrogens is 5. The molecule has 4 heterocycles. The van der Waals surface area contributed by atoms with Gasteiger partial charge in [0.15, 0.2) is 11.4 Å². The summed E-state index contributed by atoms with van der Waals surface area (Å²) in [6.45, 7) is 3.07. The number of carbonyl (C=O) groups is 1. The number of aromatic amines is 1. The number of para-hydroxylation sites is 1. The number of nitrogens with two attached hydrogens (primary N) is 1. The third-order valence-corrected chi connectivity index (χ3v) is 6.72. The largest absolute Gasteiger partial charge is 0.382 e. The van der Waals surface area contributed by atoms with E-state index in [1.807, 2.05) is 42.5 Å². The lowest BCUT2D eigenvalue weighted by atomic mass is 10.1. The number of fused-ring (bicyclic) bond motifs is 2. The predicted octanol–water partition coefficient (Wildman–Crippen LogP) is 2.31. The molecule has 39 heavy (non-hydrogen) atoms. The van der Waals surface area contributed by atoms with Crippen LogP contribution in [-0.2, 0) is 4.74 Å². The zero-order valence-electron chi connectivity index (χ0n) is 21.2. The zero-order chi connectivity index (χ0) is 26.9. The van der Waals surface area contributed by atoms with Crippen LogP contribution in [0.5, 0.6) is 0 Å². The maximum Gasteiger partial charge on any atom is 0.362 e. The molecule has 10 nitrogen and oxygen atoms in total. The summed E-state index contributed by atoms with van der Waals surface area (Å²) in [6, 6.07) is 15.7. The molecular formula is C29H26N7O3+. The number of nitrogens with zero attached hydrogens (tertiary/aromatic N) is 4. The van der Waals surface area contributed by atoms with Gasteiger partial charge < -0.3 is 15.8 Å². The Morgan fingerprint density at radius 1 is 1.23 bits per heavy atom. The zero-order valence-corrected chi connectivity index (χ0v) is 21.2. The van der Waals surface area contributed by atoms with Crippen molar-refractivity contribution < 1.29 is 14.0 Å². The van der Waals surface area contributed by atoms with E-state index in [9.17, 15) is 9.59 Å². The molecule has 1 aliphatic heterocycles. The van der Waals surface area contributed by atoms with Crippen LogP contribution in [0.1, 0.15) is 41.1 Å². The van der Waals surface area contributed by atoms with Crippen molar-refractivity contribution in [3.63, 3.8) is 0 Å². The van der Waals surface area contributed by atoms with Crippen molar-refractivity contribution in [3.8, 4) is 17.5 Å². The minimum absolute atomic E-state index is 0.142. The Hall–Kier alpha value is -5.01. The molecule has 1 fully saturated rings. The highest BCUT2D eigenvalue weighted by Gasteiger charge is 2.27. The molecule has 10 heteroatoms. The molecule has 194 valence electrons. The third kappa shape index (κ3) is 4.49. The number of carbonyl (C=O) groups excluding carboxylic acids is 1. The smallest absolute Gasteiger partial charge is 0.362 e. The number of hydrogen-bond acceptors (Lipinski definition) is 6. The molecule has 1 saturated heterocycles. The average Bonchev–Trinajstić information content (AvgIpc) is 3.59. The molecule has 4 N–H and O–H groups in total. The van der Waals surface area contributed by atoms with Crippen LogP contribution in [0, 0.1) is 17.8 Å². The van der Waals surface area contributed by atoms with Gasteiger partial charge in [-0.25, -0.2) is 10.1 Å². The van der Waals surface area contributed by atoms with E-state index in [2.05, 4.69) is 27.2 Å². The number of hydrogen-bond donors (Lipinski definition) is 3. The molecule has 1 amide bonds. The molecule has 2 atom stereocenters. The highest BCUT2D eigenvalue weighted by molar-refractivity contribution is 6.03. The number of nitrogen functional groups attached to an aromatic ring is 1. The first-order valence-corrected chi connectivity index (χ1v) is 12.7. The van der Waals surface area contributed by atoms with Crippen LogP contribution in [0.3, 0.4) is 0 Å². The van der Waals surface area contributed by atoms with Gasteiger partial charge in [-0.2, -0.15) is 0 Å². The normalized spacial score (nSPS) is 15.7. The van der Waals surface area contributed by atoms with E-state index in [-0.39, 0.29) is 22.9 Å². The van der Waals surface area contributed by atoms with Crippen molar-refractivity contribution in [2.45, 2.75) is 19.4 Å². The summed E-state index contributed by atoms with van der Waals surface area (Å²) in [5, 5.41) is 6.29. The number of ether oxygens (including phenoxy) is 1. The lowest BCUT2D eigenvalue weighted by Crippen LogP contribution is -2.34. The van der Waals surface area contributed by atoms with Crippen LogP contribution < -0.4 is 21.1 Å². The Bertz CT molecular complexity index is 1830. The Balaban J connectivity index is 1.46. The molecule has 2 aromatic carbocycles. The lowest BCUT2D eigenvalue weighted by molar-refractivity contribution is -0.577. The fourth-order valence-electron chi connectivity index (χ4n) is 4.81. The molecular weight excluding hydrogens is 494 g/mol. The summed E-state index contributed by atoms with van der Waals surface area (Å²) < 4.78 is 8.54. The van der Waals surface area contributed by atoms with Gasteiger partial charge in [0.1, 0.15) is 18.2 Å². The van der Waals surface area contributed by atoms with Crippen molar-refractivity contribution >= 4 is 28.3 Å². The first kappa shape index (κ1) is 24.3. The van der Waals surface area contributed by atoms with Crippen LogP contribution in [0.4, 0.5) is 5.82 Å². The number of amides is 1. The van der Waals surface area contributed by atoms with Crippen LogP contribution >= 0.6 is 0 Å². The van der Waals surface area contributed by atoms with Crippen LogP contribution in [-0.4, -0.2) is 38.8 Å². The molecule has 0 radical (unpaired) electrons. The summed E-state index contributed by atoms with van der Waals surface area (Å²) >= 11 is 0. The molecule has 1 aliphatic rings. The van der Waals surface area contributed by atoms with Gasteiger partial charge in [-0.05, 0) is 42.6 Å². The van der Waals surface area contributed by atoms with Gasteiger partial charge in [0.05, 0.1) is 29.2 Å². The Morgan fingerprint density at radius 2 is 2.08 bits per heavy atom. The summed E-state index contributed by atoms with van der Waals surface area (Å²) in [5.74, 6) is 6.70. The Labute approximate surface area is 223 Å². The first-order chi connectivity index (χ1) is 19.0. The number of rotatable bonds is 4. The van der Waals surface area contributed by atoms with Gasteiger partial charge in [-0.1, -0.05) is 36.1 Å². The fourth-order valence-corrected chi connectivity index (χ4v) is 4.81. The van der Waals surface area contributed by atoms with Gasteiger partial charge in [-0.3, -0.25) is 14.2 Å². The minimum atomic E-state index is -0.654. The van der Waals surface area contributed by atoms with Crippen LogP contribution in [0.25, 0.3) is 22.2 Å². The summed E-state index contributed by atoms with van der Waals surface area (Å²) in [6.07, 6.45) is 4.18. The molecule has 2 unspecified atom stereocenters. The molecule has 0 bridgehead atoms. The number of nitrogens with one attached hydrogen (secondary N) is 2. The van der Waals surface area contributed by atoms with E-state index in [4.69, 9.17) is 15.5 Å². The summed E-state index contributed by atoms with van der Waals surface area (Å²) in [5.41, 5.74) is 8.19. The second-order valence-electron chi connectivity index (χ2n) is 9.38. The van der Waals surface area contributed by atoms with Crippen molar-refractivity contribution in [2.75, 3.05) is 18.9 Å². The Kier molecular flexibility index (Phi) is 6.26. The SMILES string of the molecule is CC(NC(=O)c1c(N)[nH][n+]2cccnc12)c1nc2cccc(C#CC3CCOC3)c2c(=O)n1-c1ccccc1. The average molecular weight is 521 g/mol. The molecule has 6 rings (SSSR count). The maximum absolute atomic E-state index is 14.1. The standard InChI is InChI=1S/C29H25N7O3/c1-18(32-28(37)24-25(30)34-35-15-6-14-31-27(24)35)26-33-22-10-5-7-20(12-11-19-13-16-39-17-19)23(22)29(38)36(26)21-8-3-2-4-9-21/h2-10,14-15,18-19H,13,16-17H2,1H3,(H3,30,32,34,37)/p+1. The van der Waals surface area contributed by atoms with Gasteiger partial charge >= 0.3 is 5.65 Å². The quantitative estimate of drug-likeness (QED) is 0.246. The Morgan fingerprint density at radius 3 is 2.87 bits per heavy atom. The lowest BCUT2D eigenvalue weighted by Gasteiger charge is -2.19. The van der Waals surface area contributed by atoms with E-state index < -0.39 is 11.9 Å². The second-order valence-corrected chi connectivity index (χ2v) is 9.38. The monoisotopic (exact) mass is 520 g/mol. The van der Waals surface area contributed by atoms with Crippen molar-refractivity contribution in [1.29, 1.82) is 0 Å². The number of benzene rings is 2. The fraction of sp³-hybridized carbons (Fsp3) is 0.207. The van der Waals surface area contributed by atoms with Crippen molar-refractivity contribution in [3.05, 3.63) is 94.3 Å². The second kappa shape index (κ2) is 10.0. The van der Waals surface area contributed by atoms with E-state index in [0.717, 1.165) is 6.42 Å². The van der Waals surface area contributed by atoms with Gasteiger partial charge in [0.25, 0.3) is 11.5 Å². The minimum Gasteiger partial charge on any atom is -0.382 e. The van der Waals surface area contributed by atoms with E-state index >= 15 is 0 Å². The summed E-state index contributed by atoms with van der Waals surface area (Å²) in [4.78, 5) is 36.6. The number of H-pyrrole nitrogens is 1. The molecule has 3 aromatic heterocycles. The van der Waals surface area contributed by atoms with Gasteiger partial charge in [0, 0.05) is 24.2 Å². The van der Waals surface area contributed by atoms with E-state index in [0.29, 0.717) is 46.8 Å². The highest BCUT2D eigenvalue weighted by atomic mass is 16.5. The predicted molar refractivity (Wildman–Crippen MR) is 145 cm³/mol. The van der Waals surface area contributed by atoms with Crippen molar-refractivity contribution in [1.82, 2.24) is 25.0 Å².